The van der Waals surface area contributed by atoms with E-state index in [4.69, 9.17) is 27.9 Å². The quantitative estimate of drug-likeness (QED) is 0.445. The third-order valence-corrected chi connectivity index (χ3v) is 5.85. The zero-order chi connectivity index (χ0) is 19.1. The molecule has 1 fully saturated rings. The van der Waals surface area contributed by atoms with Gasteiger partial charge in [-0.1, -0.05) is 67.4 Å². The zero-order valence-corrected chi connectivity index (χ0v) is 16.2. The second kappa shape index (κ2) is 6.71. The lowest BCUT2D eigenvalue weighted by Gasteiger charge is -2.14. The summed E-state index contributed by atoms with van der Waals surface area (Å²) in [5.41, 5.74) is 0.0603. The summed E-state index contributed by atoms with van der Waals surface area (Å²) in [6, 6.07) is 13.3. The van der Waals surface area contributed by atoms with Crippen LogP contribution in [0.4, 0.5) is 4.39 Å². The molecule has 26 heavy (non-hydrogen) atoms. The Hall–Kier alpha value is -1.84. The van der Waals surface area contributed by atoms with Gasteiger partial charge in [-0.05, 0) is 42.2 Å². The monoisotopic (exact) mass is 392 g/mol. The lowest BCUT2D eigenvalue weighted by molar-refractivity contribution is -0.141. The molecule has 1 saturated carbocycles. The number of ether oxygens (including phenoxy) is 1. The maximum absolute atomic E-state index is 14.0. The molecule has 0 aromatic heterocycles. The molecule has 0 heterocycles. The van der Waals surface area contributed by atoms with E-state index in [9.17, 15) is 9.18 Å². The number of esters is 1. The van der Waals surface area contributed by atoms with Crippen LogP contribution in [-0.2, 0) is 4.79 Å². The maximum Gasteiger partial charge on any atom is 0.318 e. The number of hydrogen-bond acceptors (Lipinski definition) is 2. The van der Waals surface area contributed by atoms with Crippen LogP contribution >= 0.6 is 23.2 Å². The van der Waals surface area contributed by atoms with E-state index in [0.29, 0.717) is 16.9 Å². The lowest BCUT2D eigenvalue weighted by atomic mass is 9.98. The van der Waals surface area contributed by atoms with Gasteiger partial charge >= 0.3 is 5.97 Å². The highest BCUT2D eigenvalue weighted by molar-refractivity contribution is 6.55. The van der Waals surface area contributed by atoms with E-state index in [0.717, 1.165) is 0 Å². The molecule has 0 bridgehead atoms. The van der Waals surface area contributed by atoms with Gasteiger partial charge in [-0.3, -0.25) is 4.79 Å². The smallest absolute Gasteiger partial charge is 0.318 e. The van der Waals surface area contributed by atoms with E-state index < -0.39 is 5.41 Å². The van der Waals surface area contributed by atoms with Crippen LogP contribution in [0.25, 0.3) is 11.1 Å². The molecule has 0 spiro atoms. The average Bonchev–Trinajstić information content (AvgIpc) is 3.01. The van der Waals surface area contributed by atoms with Crippen LogP contribution < -0.4 is 4.74 Å². The summed E-state index contributed by atoms with van der Waals surface area (Å²) in [5.74, 6) is -0.418. The predicted molar refractivity (Wildman–Crippen MR) is 103 cm³/mol. The Bertz CT molecular complexity index is 887. The van der Waals surface area contributed by atoms with Crippen molar-refractivity contribution in [1.82, 2.24) is 0 Å². The fourth-order valence-corrected chi connectivity index (χ4v) is 3.80. The Morgan fingerprint density at radius 2 is 1.81 bits per heavy atom. The third kappa shape index (κ3) is 3.15. The lowest BCUT2D eigenvalue weighted by Crippen LogP contribution is -2.24. The van der Waals surface area contributed by atoms with Gasteiger partial charge in [-0.25, -0.2) is 4.39 Å². The van der Waals surface area contributed by atoms with E-state index >= 15 is 0 Å². The number of rotatable bonds is 4. The molecule has 0 radical (unpaired) electrons. The molecular formula is C21H19Cl2FO2. The average molecular weight is 393 g/mol. The molecule has 5 heteroatoms. The molecule has 2 aromatic carbocycles. The normalized spacial score (nSPS) is 23.2. The van der Waals surface area contributed by atoms with E-state index in [1.54, 1.807) is 48.5 Å². The molecule has 2 nitrogen and oxygen atoms in total. The standard InChI is InChI=1S/C21H19Cl2FO2/c1-20(2)17(12-18(22)23)21(20,3)19(25)26-14-8-6-7-13(11-14)15-9-4-5-10-16(15)24/h4-12,17H,1-3H3. The van der Waals surface area contributed by atoms with Gasteiger partial charge in [0.05, 0.1) is 5.41 Å². The van der Waals surface area contributed by atoms with Gasteiger partial charge in [-0.2, -0.15) is 0 Å². The van der Waals surface area contributed by atoms with Gasteiger partial charge in [-0.15, -0.1) is 0 Å². The first-order valence-electron chi connectivity index (χ1n) is 8.28. The van der Waals surface area contributed by atoms with E-state index in [2.05, 4.69) is 0 Å². The number of benzene rings is 2. The van der Waals surface area contributed by atoms with Gasteiger partial charge in [0.15, 0.2) is 0 Å². The highest BCUT2D eigenvalue weighted by atomic mass is 35.5. The van der Waals surface area contributed by atoms with E-state index in [1.165, 1.54) is 6.07 Å². The number of hydrogen-bond donors (Lipinski definition) is 0. The van der Waals surface area contributed by atoms with Crippen molar-refractivity contribution in [2.45, 2.75) is 20.8 Å². The molecule has 2 atom stereocenters. The molecule has 1 aliphatic rings. The van der Waals surface area contributed by atoms with Crippen molar-refractivity contribution >= 4 is 29.2 Å². The first-order valence-corrected chi connectivity index (χ1v) is 9.03. The van der Waals surface area contributed by atoms with Crippen LogP contribution in [0.15, 0.2) is 59.1 Å². The minimum atomic E-state index is -0.726. The summed E-state index contributed by atoms with van der Waals surface area (Å²) in [7, 11) is 0. The van der Waals surface area contributed by atoms with Gasteiger partial charge in [0.1, 0.15) is 16.1 Å². The van der Waals surface area contributed by atoms with E-state index in [-0.39, 0.29) is 27.6 Å². The Morgan fingerprint density at radius 3 is 2.46 bits per heavy atom. The van der Waals surface area contributed by atoms with Crippen molar-refractivity contribution in [2.24, 2.45) is 16.7 Å². The third-order valence-electron chi connectivity index (χ3n) is 5.60. The summed E-state index contributed by atoms with van der Waals surface area (Å²) < 4.78 is 19.8. The van der Waals surface area contributed by atoms with Gasteiger partial charge in [0, 0.05) is 11.5 Å². The number of carbonyl (C=O) groups is 1. The fourth-order valence-electron chi connectivity index (χ4n) is 3.55. The molecule has 1 aliphatic carbocycles. The second-order valence-corrected chi connectivity index (χ2v) is 8.26. The SMILES string of the molecule is CC1(C)C(C=C(Cl)Cl)C1(C)C(=O)Oc1cccc(-c2ccccc2F)c1. The van der Waals surface area contributed by atoms with Crippen LogP contribution in [0.5, 0.6) is 5.75 Å². The van der Waals surface area contributed by atoms with Crippen LogP contribution in [-0.4, -0.2) is 5.97 Å². The summed E-state index contributed by atoms with van der Waals surface area (Å²) in [6.45, 7) is 5.79. The molecular weight excluding hydrogens is 374 g/mol. The van der Waals surface area contributed by atoms with Crippen molar-refractivity contribution in [3.63, 3.8) is 0 Å². The Labute approximate surface area is 162 Å². The van der Waals surface area contributed by atoms with Crippen LogP contribution in [0.2, 0.25) is 0 Å². The van der Waals surface area contributed by atoms with Crippen molar-refractivity contribution in [3.05, 3.63) is 64.9 Å². The van der Waals surface area contributed by atoms with Gasteiger partial charge in [0.25, 0.3) is 0 Å². The highest BCUT2D eigenvalue weighted by Crippen LogP contribution is 2.70. The molecule has 0 N–H and O–H groups in total. The topological polar surface area (TPSA) is 26.3 Å². The Balaban J connectivity index is 1.84. The van der Waals surface area contributed by atoms with Gasteiger partial charge < -0.3 is 4.74 Å². The minimum absolute atomic E-state index is 0.109. The summed E-state index contributed by atoms with van der Waals surface area (Å²) in [6.07, 6.45) is 1.68. The summed E-state index contributed by atoms with van der Waals surface area (Å²) in [4.78, 5) is 12.8. The number of carbonyl (C=O) groups excluding carboxylic acids is 1. The Morgan fingerprint density at radius 1 is 1.12 bits per heavy atom. The molecule has 0 saturated heterocycles. The van der Waals surface area contributed by atoms with Crippen LogP contribution in [0, 0.1) is 22.6 Å². The fraction of sp³-hybridized carbons (Fsp3) is 0.286. The predicted octanol–water partition coefficient (Wildman–Crippen LogP) is 6.38. The minimum Gasteiger partial charge on any atom is -0.426 e. The van der Waals surface area contributed by atoms with Crippen molar-refractivity contribution in [2.75, 3.05) is 0 Å². The number of allylic oxidation sites excluding steroid dienone is 1. The molecule has 3 rings (SSSR count). The molecule has 0 aliphatic heterocycles. The van der Waals surface area contributed by atoms with Crippen LogP contribution in [0.1, 0.15) is 20.8 Å². The number of halogens is 3. The van der Waals surface area contributed by atoms with Crippen LogP contribution in [0.3, 0.4) is 0 Å². The molecule has 136 valence electrons. The first-order chi connectivity index (χ1) is 12.2. The Kier molecular flexibility index (Phi) is 4.89. The maximum atomic E-state index is 14.0. The molecule has 0 amide bonds. The molecule has 2 aromatic rings. The largest absolute Gasteiger partial charge is 0.426 e. The van der Waals surface area contributed by atoms with Crippen molar-refractivity contribution in [3.8, 4) is 16.9 Å². The molecule has 2 unspecified atom stereocenters. The zero-order valence-electron chi connectivity index (χ0n) is 14.7. The van der Waals surface area contributed by atoms with E-state index in [1.807, 2.05) is 20.8 Å². The van der Waals surface area contributed by atoms with Crippen molar-refractivity contribution < 1.29 is 13.9 Å². The summed E-state index contributed by atoms with van der Waals surface area (Å²) in [5, 5.41) is 0. The first kappa shape index (κ1) is 18.9. The van der Waals surface area contributed by atoms with Crippen molar-refractivity contribution in [1.29, 1.82) is 0 Å². The second-order valence-electron chi connectivity index (χ2n) is 7.26. The van der Waals surface area contributed by atoms with Gasteiger partial charge in [0.2, 0.25) is 0 Å². The highest BCUT2D eigenvalue weighted by Gasteiger charge is 2.72. The summed E-state index contributed by atoms with van der Waals surface area (Å²) >= 11 is 11.5.